The molecule has 25 heavy (non-hydrogen) atoms. The van der Waals surface area contributed by atoms with Crippen LogP contribution in [0.2, 0.25) is 0 Å². The van der Waals surface area contributed by atoms with Gasteiger partial charge in [-0.1, -0.05) is 6.58 Å². The highest BCUT2D eigenvalue weighted by molar-refractivity contribution is 7.95. The van der Waals surface area contributed by atoms with Crippen molar-refractivity contribution in [1.29, 1.82) is 0 Å². The molecular weight excluding hydrogens is 360 g/mol. The second kappa shape index (κ2) is 7.86. The fourth-order valence-corrected chi connectivity index (χ4v) is 3.22. The Hall–Kier alpha value is -2.09. The molecule has 3 nitrogen and oxygen atoms in total. The van der Waals surface area contributed by atoms with E-state index in [1.807, 2.05) is 0 Å². The van der Waals surface area contributed by atoms with Gasteiger partial charge in [-0.15, -0.1) is 0 Å². The van der Waals surface area contributed by atoms with Gasteiger partial charge < -0.3 is 4.74 Å². The van der Waals surface area contributed by atoms with E-state index < -0.39 is 32.1 Å². The number of hydrogen-bond donors (Lipinski definition) is 0. The van der Waals surface area contributed by atoms with Crippen LogP contribution in [0.3, 0.4) is 0 Å². The molecule has 1 aromatic rings. The zero-order valence-corrected chi connectivity index (χ0v) is 14.0. The SMILES string of the molecule is C=C1CCCC/C(S(=O)(=O)C(F)F)=C\C=C/1Oc1cc(F)cc(F)c1. The Balaban J connectivity index is 2.40. The molecule has 0 spiro atoms. The summed E-state index contributed by atoms with van der Waals surface area (Å²) in [6.07, 6.45) is 3.51. The van der Waals surface area contributed by atoms with Crippen molar-refractivity contribution in [1.82, 2.24) is 0 Å². The standard InChI is InChI=1S/C17H16F4O3S/c1-11-4-2-3-5-15(25(22,23)17(20)21)6-7-16(11)24-14-9-12(18)8-13(19)10-14/h6-10,17H,1-5H2/b15-6+,16-7+. The van der Waals surface area contributed by atoms with Crippen molar-refractivity contribution in [2.45, 2.75) is 31.4 Å². The van der Waals surface area contributed by atoms with Gasteiger partial charge >= 0.3 is 5.76 Å². The molecule has 2 rings (SSSR count). The van der Waals surface area contributed by atoms with E-state index in [1.54, 1.807) is 0 Å². The molecule has 0 aromatic heterocycles. The predicted molar refractivity (Wildman–Crippen MR) is 85.7 cm³/mol. The van der Waals surface area contributed by atoms with E-state index >= 15 is 0 Å². The molecule has 136 valence electrons. The van der Waals surface area contributed by atoms with Crippen LogP contribution in [0.5, 0.6) is 5.75 Å². The van der Waals surface area contributed by atoms with Gasteiger partial charge in [0.1, 0.15) is 23.1 Å². The van der Waals surface area contributed by atoms with E-state index in [9.17, 15) is 26.0 Å². The molecule has 1 aliphatic carbocycles. The third-order valence-corrected chi connectivity index (χ3v) is 5.12. The summed E-state index contributed by atoms with van der Waals surface area (Å²) in [5.74, 6) is -5.29. The Labute approximate surface area is 143 Å². The molecule has 0 atom stereocenters. The van der Waals surface area contributed by atoms with Crippen LogP contribution in [-0.4, -0.2) is 14.2 Å². The largest absolute Gasteiger partial charge is 0.457 e. The topological polar surface area (TPSA) is 43.4 Å². The summed E-state index contributed by atoms with van der Waals surface area (Å²) in [6, 6.07) is 2.57. The first kappa shape index (κ1) is 19.2. The molecule has 0 saturated heterocycles. The van der Waals surface area contributed by atoms with Crippen LogP contribution in [-0.2, 0) is 9.84 Å². The molecule has 0 fully saturated rings. The number of ether oxygens (including phenoxy) is 1. The van der Waals surface area contributed by atoms with Crippen molar-refractivity contribution in [3.05, 3.63) is 64.8 Å². The van der Waals surface area contributed by atoms with Crippen molar-refractivity contribution in [3.63, 3.8) is 0 Å². The first-order valence-corrected chi connectivity index (χ1v) is 9.00. The van der Waals surface area contributed by atoms with E-state index in [1.165, 1.54) is 6.08 Å². The fraction of sp³-hybridized carbons (Fsp3) is 0.294. The maximum Gasteiger partial charge on any atom is 0.340 e. The minimum Gasteiger partial charge on any atom is -0.457 e. The Morgan fingerprint density at radius 3 is 2.20 bits per heavy atom. The third kappa shape index (κ3) is 4.94. The van der Waals surface area contributed by atoms with Gasteiger partial charge in [-0.2, -0.15) is 8.78 Å². The predicted octanol–water partition coefficient (Wildman–Crippen LogP) is 4.88. The van der Waals surface area contributed by atoms with Gasteiger partial charge in [0.2, 0.25) is 9.84 Å². The fourth-order valence-electron chi connectivity index (χ4n) is 2.30. The maximum absolute atomic E-state index is 13.3. The van der Waals surface area contributed by atoms with Gasteiger partial charge in [-0.25, -0.2) is 17.2 Å². The molecule has 0 saturated carbocycles. The average Bonchev–Trinajstić information content (AvgIpc) is 2.58. The number of rotatable bonds is 4. The van der Waals surface area contributed by atoms with Crippen molar-refractivity contribution >= 4 is 9.84 Å². The summed E-state index contributed by atoms with van der Waals surface area (Å²) in [4.78, 5) is -0.413. The van der Waals surface area contributed by atoms with E-state index in [0.29, 0.717) is 30.9 Å². The van der Waals surface area contributed by atoms with Crippen molar-refractivity contribution < 1.29 is 30.7 Å². The summed E-state index contributed by atoms with van der Waals surface area (Å²) < 4.78 is 80.8. The van der Waals surface area contributed by atoms with Crippen LogP contribution in [0.25, 0.3) is 0 Å². The third-order valence-electron chi connectivity index (χ3n) is 3.58. The highest BCUT2D eigenvalue weighted by Crippen LogP contribution is 2.28. The Bertz CT molecular complexity index is 806. The van der Waals surface area contributed by atoms with E-state index in [-0.39, 0.29) is 17.9 Å². The van der Waals surface area contributed by atoms with E-state index in [0.717, 1.165) is 18.2 Å². The van der Waals surface area contributed by atoms with Crippen LogP contribution >= 0.6 is 0 Å². The lowest BCUT2D eigenvalue weighted by atomic mass is 10.1. The number of sulfone groups is 1. The second-order valence-electron chi connectivity index (χ2n) is 5.49. The Kier molecular flexibility index (Phi) is 6.05. The van der Waals surface area contributed by atoms with Gasteiger partial charge in [0.25, 0.3) is 0 Å². The Morgan fingerprint density at radius 1 is 1.00 bits per heavy atom. The molecular formula is C17H16F4O3S. The highest BCUT2D eigenvalue weighted by atomic mass is 32.2. The highest BCUT2D eigenvalue weighted by Gasteiger charge is 2.28. The van der Waals surface area contributed by atoms with Gasteiger partial charge in [-0.3, -0.25) is 0 Å². The van der Waals surface area contributed by atoms with Crippen LogP contribution in [0.1, 0.15) is 25.7 Å². The molecule has 8 heteroatoms. The molecule has 0 radical (unpaired) electrons. The van der Waals surface area contributed by atoms with Crippen LogP contribution in [0.15, 0.2) is 53.2 Å². The van der Waals surface area contributed by atoms with Crippen molar-refractivity contribution in [3.8, 4) is 5.75 Å². The zero-order chi connectivity index (χ0) is 18.6. The first-order valence-electron chi connectivity index (χ1n) is 7.45. The number of hydrogen-bond acceptors (Lipinski definition) is 3. The van der Waals surface area contributed by atoms with Gasteiger partial charge in [0, 0.05) is 18.2 Å². The quantitative estimate of drug-likeness (QED) is 0.704. The molecule has 0 heterocycles. The van der Waals surface area contributed by atoms with Gasteiger partial charge in [0.15, 0.2) is 0 Å². The summed E-state index contributed by atoms with van der Waals surface area (Å²) in [6.45, 7) is 3.79. The number of halogens is 4. The average molecular weight is 376 g/mol. The summed E-state index contributed by atoms with van der Waals surface area (Å²) >= 11 is 0. The minimum absolute atomic E-state index is 0.0294. The molecule has 0 amide bonds. The molecule has 0 unspecified atom stereocenters. The zero-order valence-electron chi connectivity index (χ0n) is 13.1. The number of alkyl halides is 2. The van der Waals surface area contributed by atoms with Gasteiger partial charge in [0.05, 0.1) is 4.91 Å². The molecule has 0 aliphatic heterocycles. The van der Waals surface area contributed by atoms with Crippen molar-refractivity contribution in [2.24, 2.45) is 0 Å². The number of benzene rings is 1. The van der Waals surface area contributed by atoms with E-state index in [4.69, 9.17) is 4.74 Å². The summed E-state index contributed by atoms with van der Waals surface area (Å²) in [5, 5.41) is 0. The lowest BCUT2D eigenvalue weighted by molar-refractivity contribution is 0.236. The van der Waals surface area contributed by atoms with E-state index in [2.05, 4.69) is 6.58 Å². The maximum atomic E-state index is 13.3. The van der Waals surface area contributed by atoms with Crippen molar-refractivity contribution in [2.75, 3.05) is 0 Å². The molecule has 1 aliphatic rings. The van der Waals surface area contributed by atoms with Gasteiger partial charge in [-0.05, 0) is 43.4 Å². The minimum atomic E-state index is -4.70. The Morgan fingerprint density at radius 2 is 1.60 bits per heavy atom. The molecule has 1 aromatic carbocycles. The van der Waals surface area contributed by atoms with Crippen LogP contribution in [0.4, 0.5) is 17.6 Å². The first-order chi connectivity index (χ1) is 11.7. The van der Waals surface area contributed by atoms with Crippen LogP contribution < -0.4 is 4.74 Å². The second-order valence-corrected chi connectivity index (χ2v) is 7.46. The number of allylic oxidation sites excluding steroid dienone is 4. The lowest BCUT2D eigenvalue weighted by Gasteiger charge is -2.12. The molecule has 0 bridgehead atoms. The molecule has 0 N–H and O–H groups in total. The summed E-state index contributed by atoms with van der Waals surface area (Å²) in [7, 11) is -4.70. The summed E-state index contributed by atoms with van der Waals surface area (Å²) in [5.41, 5.74) is 0.469. The normalized spacial score (nSPS) is 20.8. The smallest absolute Gasteiger partial charge is 0.340 e. The van der Waals surface area contributed by atoms with Crippen LogP contribution in [0, 0.1) is 11.6 Å². The monoisotopic (exact) mass is 376 g/mol. The lowest BCUT2D eigenvalue weighted by Crippen LogP contribution is -2.13.